The van der Waals surface area contributed by atoms with Crippen LogP contribution in [0.15, 0.2) is 60.0 Å². The smallest absolute Gasteiger partial charge is 0.279 e. The zero-order chi connectivity index (χ0) is 20.8. The van der Waals surface area contributed by atoms with E-state index >= 15 is 0 Å². The summed E-state index contributed by atoms with van der Waals surface area (Å²) >= 11 is 1.74. The molecule has 0 bridgehead atoms. The lowest BCUT2D eigenvalue weighted by molar-refractivity contribution is -0.675. The van der Waals surface area contributed by atoms with Gasteiger partial charge in [0.25, 0.3) is 5.91 Å². The van der Waals surface area contributed by atoms with Crippen LogP contribution >= 0.6 is 11.3 Å². The Morgan fingerprint density at radius 2 is 1.76 bits per heavy atom. The molecule has 4 heteroatoms. The van der Waals surface area contributed by atoms with Gasteiger partial charge in [-0.1, -0.05) is 69.3 Å². The van der Waals surface area contributed by atoms with E-state index in [0.29, 0.717) is 12.5 Å². The van der Waals surface area contributed by atoms with Crippen molar-refractivity contribution in [1.82, 2.24) is 0 Å². The molecule has 0 spiro atoms. The number of nitrogens with two attached hydrogens (primary N) is 1. The summed E-state index contributed by atoms with van der Waals surface area (Å²) in [6.07, 6.45) is 0.904. The fourth-order valence-electron chi connectivity index (χ4n) is 3.59. The molecule has 1 heterocycles. The third-order valence-electron chi connectivity index (χ3n) is 5.36. The van der Waals surface area contributed by atoms with E-state index in [1.165, 1.54) is 21.6 Å². The first-order chi connectivity index (χ1) is 14.0. The Kier molecular flexibility index (Phi) is 7.24. The van der Waals surface area contributed by atoms with Crippen molar-refractivity contribution in [3.8, 4) is 0 Å². The predicted octanol–water partition coefficient (Wildman–Crippen LogP) is 5.03. The van der Waals surface area contributed by atoms with E-state index in [0.717, 1.165) is 17.7 Å². The average Bonchev–Trinajstić information content (AvgIpc) is 3.24. The minimum absolute atomic E-state index is 0.0364. The van der Waals surface area contributed by atoms with Crippen LogP contribution in [0.5, 0.6) is 0 Å². The van der Waals surface area contributed by atoms with Crippen LogP contribution in [0.25, 0.3) is 0 Å². The highest BCUT2D eigenvalue weighted by atomic mass is 32.1. The molecule has 3 aromatic rings. The number of benzene rings is 2. The molecule has 3 N–H and O–H groups in total. The quantitative estimate of drug-likeness (QED) is 0.540. The van der Waals surface area contributed by atoms with Gasteiger partial charge in [-0.25, -0.2) is 0 Å². The lowest BCUT2D eigenvalue weighted by Crippen LogP contribution is -2.87. The van der Waals surface area contributed by atoms with Crippen molar-refractivity contribution in [3.63, 3.8) is 0 Å². The highest BCUT2D eigenvalue weighted by molar-refractivity contribution is 7.10. The minimum atomic E-state index is 0.0364. The van der Waals surface area contributed by atoms with E-state index in [2.05, 4.69) is 79.2 Å². The Hall–Kier alpha value is -2.43. The number of anilines is 1. The molecule has 0 unspecified atom stereocenters. The fourth-order valence-corrected chi connectivity index (χ4v) is 4.44. The summed E-state index contributed by atoms with van der Waals surface area (Å²) in [7, 11) is 0. The molecule has 1 aromatic heterocycles. The summed E-state index contributed by atoms with van der Waals surface area (Å²) in [6.45, 7) is 8.95. The number of thiophene rings is 1. The second-order valence-electron chi connectivity index (χ2n) is 7.77. The molecule has 0 fully saturated rings. The first-order valence-corrected chi connectivity index (χ1v) is 11.2. The lowest BCUT2D eigenvalue weighted by atomic mass is 9.98. The van der Waals surface area contributed by atoms with Crippen molar-refractivity contribution < 1.29 is 10.1 Å². The zero-order valence-electron chi connectivity index (χ0n) is 17.7. The summed E-state index contributed by atoms with van der Waals surface area (Å²) < 4.78 is 0. The van der Waals surface area contributed by atoms with Crippen molar-refractivity contribution in [2.75, 3.05) is 11.9 Å². The summed E-state index contributed by atoms with van der Waals surface area (Å²) in [4.78, 5) is 14.0. The van der Waals surface area contributed by atoms with Crippen molar-refractivity contribution in [2.24, 2.45) is 0 Å². The van der Waals surface area contributed by atoms with Crippen LogP contribution in [-0.4, -0.2) is 12.5 Å². The van der Waals surface area contributed by atoms with Gasteiger partial charge < -0.3 is 10.6 Å². The number of quaternary nitrogens is 1. The second-order valence-corrected chi connectivity index (χ2v) is 8.74. The molecule has 1 atom stereocenters. The van der Waals surface area contributed by atoms with Crippen LogP contribution in [0.3, 0.4) is 0 Å². The van der Waals surface area contributed by atoms with Crippen LogP contribution < -0.4 is 10.6 Å². The molecule has 152 valence electrons. The largest absolute Gasteiger partial charge is 0.328 e. The number of carbonyl (C=O) groups is 1. The highest BCUT2D eigenvalue weighted by Gasteiger charge is 2.21. The second kappa shape index (κ2) is 9.86. The van der Waals surface area contributed by atoms with Crippen LogP contribution in [-0.2, 0) is 11.2 Å². The van der Waals surface area contributed by atoms with Gasteiger partial charge in [0, 0.05) is 11.3 Å². The highest BCUT2D eigenvalue weighted by Crippen LogP contribution is 2.25. The van der Waals surface area contributed by atoms with Gasteiger partial charge in [0.05, 0.1) is 4.88 Å². The van der Waals surface area contributed by atoms with E-state index in [-0.39, 0.29) is 11.9 Å². The van der Waals surface area contributed by atoms with Crippen molar-refractivity contribution in [3.05, 3.63) is 87.1 Å². The van der Waals surface area contributed by atoms with E-state index in [4.69, 9.17) is 0 Å². The molecule has 0 saturated carbocycles. The third kappa shape index (κ3) is 5.34. The van der Waals surface area contributed by atoms with Crippen LogP contribution in [0.4, 0.5) is 5.69 Å². The van der Waals surface area contributed by atoms with Gasteiger partial charge in [-0.15, -0.1) is 11.3 Å². The molecule has 1 amide bonds. The van der Waals surface area contributed by atoms with Gasteiger partial charge >= 0.3 is 0 Å². The Bertz CT molecular complexity index is 930. The normalized spacial score (nSPS) is 12.2. The number of aryl methyl sites for hydroxylation is 2. The number of hydrogen-bond donors (Lipinski definition) is 2. The first-order valence-electron chi connectivity index (χ1n) is 10.3. The number of carbonyl (C=O) groups excluding carboxylic acids is 1. The lowest BCUT2D eigenvalue weighted by Gasteiger charge is -2.17. The molecule has 0 aliphatic carbocycles. The molecule has 3 nitrogen and oxygen atoms in total. The Morgan fingerprint density at radius 1 is 1.03 bits per heavy atom. The minimum Gasteiger partial charge on any atom is -0.328 e. The number of hydrogen-bond acceptors (Lipinski definition) is 2. The molecule has 0 saturated heterocycles. The Labute approximate surface area is 178 Å². The summed E-state index contributed by atoms with van der Waals surface area (Å²) in [5, 5.41) is 7.37. The Morgan fingerprint density at radius 3 is 2.38 bits per heavy atom. The zero-order valence-corrected chi connectivity index (χ0v) is 18.6. The molecule has 29 heavy (non-hydrogen) atoms. The predicted molar refractivity (Wildman–Crippen MR) is 123 cm³/mol. The van der Waals surface area contributed by atoms with Crippen LogP contribution in [0.2, 0.25) is 0 Å². The van der Waals surface area contributed by atoms with Gasteiger partial charge in [-0.3, -0.25) is 4.79 Å². The van der Waals surface area contributed by atoms with Gasteiger partial charge in [0.2, 0.25) is 0 Å². The maximum atomic E-state index is 12.7. The number of para-hydroxylation sites is 1. The molecule has 2 aromatic carbocycles. The van der Waals surface area contributed by atoms with Crippen molar-refractivity contribution >= 4 is 22.9 Å². The monoisotopic (exact) mass is 407 g/mol. The van der Waals surface area contributed by atoms with Gasteiger partial charge in [-0.2, -0.15) is 0 Å². The molecule has 0 radical (unpaired) electrons. The third-order valence-corrected chi connectivity index (χ3v) is 6.31. The summed E-state index contributed by atoms with van der Waals surface area (Å²) in [6, 6.07) is 19.3. The van der Waals surface area contributed by atoms with Crippen molar-refractivity contribution in [2.45, 2.75) is 46.1 Å². The molecular formula is C25H31N2OS+. The van der Waals surface area contributed by atoms with Crippen LogP contribution in [0.1, 0.15) is 59.9 Å². The van der Waals surface area contributed by atoms with Gasteiger partial charge in [-0.05, 0) is 47.4 Å². The molecule has 0 aliphatic rings. The summed E-state index contributed by atoms with van der Waals surface area (Å²) in [5.41, 5.74) is 5.81. The maximum absolute atomic E-state index is 12.7. The SMILES string of the molecule is CCc1cccc(C)c1NC(=O)C[NH2+][C@@H](c1ccc(C(C)C)cc1)c1cccs1. The van der Waals surface area contributed by atoms with E-state index in [9.17, 15) is 4.79 Å². The van der Waals surface area contributed by atoms with Crippen molar-refractivity contribution in [1.29, 1.82) is 0 Å². The summed E-state index contributed by atoms with van der Waals surface area (Å²) in [5.74, 6) is 0.551. The molecular weight excluding hydrogens is 376 g/mol. The number of rotatable bonds is 8. The Balaban J connectivity index is 1.73. The molecule has 3 rings (SSSR count). The van der Waals surface area contributed by atoms with E-state index in [1.807, 2.05) is 19.1 Å². The number of amides is 1. The number of nitrogens with one attached hydrogen (secondary N) is 1. The maximum Gasteiger partial charge on any atom is 0.279 e. The molecule has 0 aliphatic heterocycles. The van der Waals surface area contributed by atoms with Gasteiger partial charge in [0.1, 0.15) is 6.04 Å². The van der Waals surface area contributed by atoms with E-state index in [1.54, 1.807) is 11.3 Å². The first kappa shape index (κ1) is 21.3. The fraction of sp³-hybridized carbons (Fsp3) is 0.320. The average molecular weight is 408 g/mol. The van der Waals surface area contributed by atoms with Gasteiger partial charge in [0.15, 0.2) is 6.54 Å². The van der Waals surface area contributed by atoms with Crippen LogP contribution in [0, 0.1) is 6.92 Å². The topological polar surface area (TPSA) is 45.7 Å². The standard InChI is InChI=1S/C25H30N2OS/c1-5-19-9-6-8-18(4)24(19)27-23(28)16-26-25(22-10-7-15-29-22)21-13-11-20(12-14-21)17(2)3/h6-15,17,25-26H,5,16H2,1-4H3,(H,27,28)/p+1/t25-/m0/s1. The van der Waals surface area contributed by atoms with E-state index < -0.39 is 0 Å².